The molecular weight excluding hydrogens is 340 g/mol. The third kappa shape index (κ3) is 4.13. The SMILES string of the molecule is CCCCc1nc2c(N)nc3ccccc3c2n1CCNC(=O)NCCC. The molecule has 0 fully saturated rings. The number of carbonyl (C=O) groups excluding carboxylic acids is 1. The fraction of sp³-hybridized carbons (Fsp3) is 0.450. The van der Waals surface area contributed by atoms with Crippen LogP contribution in [-0.2, 0) is 13.0 Å². The predicted molar refractivity (Wildman–Crippen MR) is 110 cm³/mol. The van der Waals surface area contributed by atoms with Crippen LogP contribution in [0.4, 0.5) is 10.6 Å². The number of nitrogen functional groups attached to an aromatic ring is 1. The molecule has 1 aromatic carbocycles. The molecule has 0 unspecified atom stereocenters. The van der Waals surface area contributed by atoms with Gasteiger partial charge in [0, 0.05) is 31.4 Å². The standard InChI is InChI=1S/C20H28N6O/c1-3-5-10-16-25-17-18(14-8-6-7-9-15(14)24-19(17)21)26(16)13-12-23-20(27)22-11-4-2/h6-9H,3-5,10-13H2,1-2H3,(H2,21,24)(H2,22,23,27). The third-order valence-electron chi connectivity index (χ3n) is 4.60. The molecule has 3 aromatic rings. The van der Waals surface area contributed by atoms with Gasteiger partial charge < -0.3 is 20.9 Å². The van der Waals surface area contributed by atoms with Gasteiger partial charge in [-0.2, -0.15) is 0 Å². The zero-order valence-corrected chi connectivity index (χ0v) is 16.1. The van der Waals surface area contributed by atoms with E-state index in [2.05, 4.69) is 27.1 Å². The van der Waals surface area contributed by atoms with Crippen LogP contribution in [-0.4, -0.2) is 33.7 Å². The highest BCUT2D eigenvalue weighted by Crippen LogP contribution is 2.29. The maximum Gasteiger partial charge on any atom is 0.314 e. The number of hydrogen-bond donors (Lipinski definition) is 3. The molecule has 7 heteroatoms. The van der Waals surface area contributed by atoms with Crippen molar-refractivity contribution in [1.29, 1.82) is 0 Å². The number of rotatable bonds is 8. The van der Waals surface area contributed by atoms with Crippen LogP contribution in [0.2, 0.25) is 0 Å². The van der Waals surface area contributed by atoms with E-state index in [1.54, 1.807) is 0 Å². The van der Waals surface area contributed by atoms with Gasteiger partial charge in [0.15, 0.2) is 5.82 Å². The Balaban J connectivity index is 1.96. The van der Waals surface area contributed by atoms with Crippen molar-refractivity contribution in [2.75, 3.05) is 18.8 Å². The Labute approximate surface area is 159 Å². The molecular formula is C20H28N6O. The molecule has 0 radical (unpaired) electrons. The van der Waals surface area contributed by atoms with E-state index >= 15 is 0 Å². The second-order valence-corrected chi connectivity index (χ2v) is 6.68. The van der Waals surface area contributed by atoms with E-state index in [0.29, 0.717) is 25.5 Å². The van der Waals surface area contributed by atoms with Crippen LogP contribution in [0.5, 0.6) is 0 Å². The number of carbonyl (C=O) groups is 1. The molecule has 7 nitrogen and oxygen atoms in total. The highest BCUT2D eigenvalue weighted by molar-refractivity contribution is 6.06. The Morgan fingerprint density at radius 1 is 1.11 bits per heavy atom. The maximum atomic E-state index is 11.8. The molecule has 0 bridgehead atoms. The van der Waals surface area contributed by atoms with Crippen LogP contribution in [0, 0.1) is 0 Å². The van der Waals surface area contributed by atoms with E-state index in [4.69, 9.17) is 10.7 Å². The number of anilines is 1. The summed E-state index contributed by atoms with van der Waals surface area (Å²) in [7, 11) is 0. The minimum absolute atomic E-state index is 0.137. The summed E-state index contributed by atoms with van der Waals surface area (Å²) in [6.45, 7) is 6.03. The lowest BCUT2D eigenvalue weighted by atomic mass is 10.2. The molecule has 0 aliphatic heterocycles. The Bertz CT molecular complexity index is 933. The number of nitrogens with one attached hydrogen (secondary N) is 2. The van der Waals surface area contributed by atoms with E-state index in [9.17, 15) is 4.79 Å². The van der Waals surface area contributed by atoms with Crippen molar-refractivity contribution in [3.8, 4) is 0 Å². The van der Waals surface area contributed by atoms with Crippen molar-refractivity contribution in [3.63, 3.8) is 0 Å². The van der Waals surface area contributed by atoms with Gasteiger partial charge in [0.05, 0.1) is 11.0 Å². The molecule has 2 aromatic heterocycles. The molecule has 2 amide bonds. The quantitative estimate of drug-likeness (QED) is 0.568. The Kier molecular flexibility index (Phi) is 6.11. The summed E-state index contributed by atoms with van der Waals surface area (Å²) in [5.41, 5.74) is 8.80. The monoisotopic (exact) mass is 368 g/mol. The molecule has 144 valence electrons. The van der Waals surface area contributed by atoms with Crippen LogP contribution < -0.4 is 16.4 Å². The number of fused-ring (bicyclic) bond motifs is 3. The first-order chi connectivity index (χ1) is 13.2. The molecule has 0 aliphatic rings. The number of aromatic nitrogens is 3. The number of para-hydroxylation sites is 1. The summed E-state index contributed by atoms with van der Waals surface area (Å²) in [6.07, 6.45) is 3.94. The van der Waals surface area contributed by atoms with Crippen molar-refractivity contribution in [1.82, 2.24) is 25.2 Å². The number of nitrogens with two attached hydrogens (primary N) is 1. The Morgan fingerprint density at radius 2 is 1.89 bits per heavy atom. The van der Waals surface area contributed by atoms with E-state index in [0.717, 1.165) is 53.4 Å². The molecule has 0 aliphatic carbocycles. The van der Waals surface area contributed by atoms with Crippen molar-refractivity contribution in [2.45, 2.75) is 46.1 Å². The van der Waals surface area contributed by atoms with Gasteiger partial charge in [-0.1, -0.05) is 38.5 Å². The van der Waals surface area contributed by atoms with E-state index < -0.39 is 0 Å². The summed E-state index contributed by atoms with van der Waals surface area (Å²) in [4.78, 5) is 21.1. The summed E-state index contributed by atoms with van der Waals surface area (Å²) in [5.74, 6) is 1.45. The fourth-order valence-electron chi connectivity index (χ4n) is 3.25. The number of imidazole rings is 1. The van der Waals surface area contributed by atoms with Crippen LogP contribution >= 0.6 is 0 Å². The average molecular weight is 368 g/mol. The lowest BCUT2D eigenvalue weighted by Crippen LogP contribution is -2.37. The number of amides is 2. The largest absolute Gasteiger partial charge is 0.382 e. The normalized spacial score (nSPS) is 11.2. The summed E-state index contributed by atoms with van der Waals surface area (Å²) in [6, 6.07) is 7.83. The predicted octanol–water partition coefficient (Wildman–Crippen LogP) is 3.22. The topological polar surface area (TPSA) is 97.9 Å². The molecule has 4 N–H and O–H groups in total. The maximum absolute atomic E-state index is 11.8. The first-order valence-corrected chi connectivity index (χ1v) is 9.70. The number of unbranched alkanes of at least 4 members (excludes halogenated alkanes) is 1. The number of benzene rings is 1. The average Bonchev–Trinajstić information content (AvgIpc) is 3.04. The molecule has 2 heterocycles. The zero-order chi connectivity index (χ0) is 19.2. The molecule has 0 spiro atoms. The van der Waals surface area contributed by atoms with Gasteiger partial charge in [-0.25, -0.2) is 14.8 Å². The number of hydrogen-bond acceptors (Lipinski definition) is 4. The minimum atomic E-state index is -0.137. The summed E-state index contributed by atoms with van der Waals surface area (Å²) >= 11 is 0. The Morgan fingerprint density at radius 3 is 2.67 bits per heavy atom. The van der Waals surface area contributed by atoms with E-state index in [1.807, 2.05) is 31.2 Å². The zero-order valence-electron chi connectivity index (χ0n) is 16.1. The number of urea groups is 1. The van der Waals surface area contributed by atoms with E-state index in [-0.39, 0.29) is 6.03 Å². The lowest BCUT2D eigenvalue weighted by molar-refractivity contribution is 0.240. The van der Waals surface area contributed by atoms with Crippen LogP contribution in [0.15, 0.2) is 24.3 Å². The molecule has 27 heavy (non-hydrogen) atoms. The number of pyridine rings is 1. The number of aryl methyl sites for hydroxylation is 1. The third-order valence-corrected chi connectivity index (χ3v) is 4.60. The first-order valence-electron chi connectivity index (χ1n) is 9.70. The van der Waals surface area contributed by atoms with Crippen LogP contribution in [0.3, 0.4) is 0 Å². The van der Waals surface area contributed by atoms with Crippen LogP contribution in [0.25, 0.3) is 21.9 Å². The van der Waals surface area contributed by atoms with Crippen molar-refractivity contribution >= 4 is 33.8 Å². The second-order valence-electron chi connectivity index (χ2n) is 6.68. The minimum Gasteiger partial charge on any atom is -0.382 e. The molecule has 0 saturated heterocycles. The van der Waals surface area contributed by atoms with Gasteiger partial charge in [-0.3, -0.25) is 0 Å². The molecule has 0 atom stereocenters. The lowest BCUT2D eigenvalue weighted by Gasteiger charge is -2.12. The van der Waals surface area contributed by atoms with Gasteiger partial charge in [0.2, 0.25) is 0 Å². The van der Waals surface area contributed by atoms with Gasteiger partial charge >= 0.3 is 6.03 Å². The van der Waals surface area contributed by atoms with Crippen molar-refractivity contribution in [3.05, 3.63) is 30.1 Å². The van der Waals surface area contributed by atoms with Gasteiger partial charge in [0.1, 0.15) is 11.3 Å². The van der Waals surface area contributed by atoms with Gasteiger partial charge in [-0.05, 0) is 18.9 Å². The van der Waals surface area contributed by atoms with Gasteiger partial charge in [0.25, 0.3) is 0 Å². The first kappa shape index (κ1) is 18.9. The highest BCUT2D eigenvalue weighted by atomic mass is 16.2. The van der Waals surface area contributed by atoms with E-state index in [1.165, 1.54) is 0 Å². The van der Waals surface area contributed by atoms with Crippen molar-refractivity contribution < 1.29 is 4.79 Å². The fourth-order valence-corrected chi connectivity index (χ4v) is 3.25. The highest BCUT2D eigenvalue weighted by Gasteiger charge is 2.17. The smallest absolute Gasteiger partial charge is 0.314 e. The van der Waals surface area contributed by atoms with Crippen molar-refractivity contribution in [2.24, 2.45) is 0 Å². The Hall–Kier alpha value is -2.83. The molecule has 3 rings (SSSR count). The second kappa shape index (κ2) is 8.70. The summed E-state index contributed by atoms with van der Waals surface area (Å²) < 4.78 is 2.19. The number of nitrogens with zero attached hydrogens (tertiary/aromatic N) is 3. The summed E-state index contributed by atoms with van der Waals surface area (Å²) in [5, 5.41) is 6.79. The van der Waals surface area contributed by atoms with Gasteiger partial charge in [-0.15, -0.1) is 0 Å². The van der Waals surface area contributed by atoms with Crippen LogP contribution in [0.1, 0.15) is 38.9 Å². The molecule has 0 saturated carbocycles.